The van der Waals surface area contributed by atoms with Gasteiger partial charge in [0.1, 0.15) is 0 Å². The predicted octanol–water partition coefficient (Wildman–Crippen LogP) is 2.98. The van der Waals surface area contributed by atoms with Crippen LogP contribution in [0.3, 0.4) is 0 Å². The Hall–Kier alpha value is -1.02. The van der Waals surface area contributed by atoms with Crippen LogP contribution >= 0.6 is 11.6 Å². The van der Waals surface area contributed by atoms with Crippen LogP contribution < -0.4 is 4.90 Å². The summed E-state index contributed by atoms with van der Waals surface area (Å²) in [5, 5.41) is 0. The number of benzene rings is 1. The number of halogens is 1. The zero-order chi connectivity index (χ0) is 11.3. The van der Waals surface area contributed by atoms with Crippen molar-refractivity contribution in [1.29, 1.82) is 0 Å². The number of amides is 1. The summed E-state index contributed by atoms with van der Waals surface area (Å²) in [5.41, 5.74) is 2.11. The normalized spacial score (nSPS) is 10.1. The first-order valence-electron chi connectivity index (χ1n) is 5.12. The van der Waals surface area contributed by atoms with Gasteiger partial charge in [-0.15, -0.1) is 11.6 Å². The molecule has 0 aliphatic rings. The summed E-state index contributed by atoms with van der Waals surface area (Å²) in [5.74, 6) is 0.458. The van der Waals surface area contributed by atoms with Crippen LogP contribution in [0.1, 0.15) is 18.9 Å². The number of hydrogen-bond acceptors (Lipinski definition) is 1. The van der Waals surface area contributed by atoms with E-state index in [1.54, 1.807) is 4.90 Å². The number of aryl methyl sites for hydroxylation is 1. The third-order valence-electron chi connectivity index (χ3n) is 2.24. The molecule has 3 heteroatoms. The van der Waals surface area contributed by atoms with Crippen LogP contribution in [0.15, 0.2) is 24.3 Å². The molecule has 1 amide bonds. The molecule has 1 aromatic carbocycles. The maximum Gasteiger partial charge on any atom is 0.228 e. The van der Waals surface area contributed by atoms with Gasteiger partial charge in [-0.2, -0.15) is 0 Å². The Kier molecular flexibility index (Phi) is 4.63. The Morgan fingerprint density at radius 2 is 2.20 bits per heavy atom. The lowest BCUT2D eigenvalue weighted by Gasteiger charge is -2.21. The van der Waals surface area contributed by atoms with E-state index in [0.29, 0.717) is 18.8 Å². The molecule has 0 fully saturated rings. The number of carbonyl (C=O) groups is 1. The second kappa shape index (κ2) is 5.76. The first kappa shape index (κ1) is 12.1. The molecule has 0 saturated heterocycles. The smallest absolute Gasteiger partial charge is 0.228 e. The lowest BCUT2D eigenvalue weighted by Crippen LogP contribution is -2.30. The summed E-state index contributed by atoms with van der Waals surface area (Å²) in [6.07, 6.45) is 0.392. The molecule has 1 rings (SSSR count). The molecule has 0 aliphatic heterocycles. The highest BCUT2D eigenvalue weighted by molar-refractivity contribution is 6.19. The number of nitrogens with zero attached hydrogens (tertiary/aromatic N) is 1. The fourth-order valence-electron chi connectivity index (χ4n) is 1.51. The van der Waals surface area contributed by atoms with E-state index in [1.807, 2.05) is 38.1 Å². The minimum Gasteiger partial charge on any atom is -0.313 e. The number of alkyl halides is 1. The van der Waals surface area contributed by atoms with Crippen molar-refractivity contribution >= 4 is 23.2 Å². The van der Waals surface area contributed by atoms with Crippen LogP contribution in [0.25, 0.3) is 0 Å². The lowest BCUT2D eigenvalue weighted by molar-refractivity contribution is -0.118. The van der Waals surface area contributed by atoms with Crippen molar-refractivity contribution in [1.82, 2.24) is 0 Å². The van der Waals surface area contributed by atoms with E-state index in [1.165, 1.54) is 0 Å². The van der Waals surface area contributed by atoms with Crippen molar-refractivity contribution in [2.45, 2.75) is 20.3 Å². The van der Waals surface area contributed by atoms with E-state index >= 15 is 0 Å². The molecule has 0 unspecified atom stereocenters. The Morgan fingerprint density at radius 1 is 1.47 bits per heavy atom. The SMILES string of the molecule is CCN(C(=O)CCCl)c1cccc(C)c1. The zero-order valence-corrected chi connectivity index (χ0v) is 9.92. The molecule has 0 heterocycles. The van der Waals surface area contributed by atoms with Crippen molar-refractivity contribution in [2.24, 2.45) is 0 Å². The summed E-state index contributed by atoms with van der Waals surface area (Å²) in [6, 6.07) is 7.93. The van der Waals surface area contributed by atoms with Crippen molar-refractivity contribution in [3.63, 3.8) is 0 Å². The van der Waals surface area contributed by atoms with Gasteiger partial charge >= 0.3 is 0 Å². The fraction of sp³-hybridized carbons (Fsp3) is 0.417. The molecule has 82 valence electrons. The highest BCUT2D eigenvalue weighted by Gasteiger charge is 2.12. The molecule has 15 heavy (non-hydrogen) atoms. The summed E-state index contributed by atoms with van der Waals surface area (Å²) in [6.45, 7) is 4.66. The average Bonchev–Trinajstić information content (AvgIpc) is 2.19. The van der Waals surface area contributed by atoms with Crippen LogP contribution in [0.5, 0.6) is 0 Å². The van der Waals surface area contributed by atoms with Crippen LogP contribution in [-0.4, -0.2) is 18.3 Å². The maximum atomic E-state index is 11.7. The average molecular weight is 226 g/mol. The molecule has 0 aliphatic carbocycles. The van der Waals surface area contributed by atoms with Crippen molar-refractivity contribution in [3.8, 4) is 0 Å². The number of anilines is 1. The molecule has 0 N–H and O–H groups in total. The lowest BCUT2D eigenvalue weighted by atomic mass is 10.2. The topological polar surface area (TPSA) is 20.3 Å². The van der Waals surface area contributed by atoms with Gasteiger partial charge in [0.2, 0.25) is 5.91 Å². The van der Waals surface area contributed by atoms with Crippen molar-refractivity contribution < 1.29 is 4.79 Å². The van der Waals surface area contributed by atoms with Crippen LogP contribution in [0, 0.1) is 6.92 Å². The third-order valence-corrected chi connectivity index (χ3v) is 2.43. The van der Waals surface area contributed by atoms with Gasteiger partial charge in [0.25, 0.3) is 0 Å². The van der Waals surface area contributed by atoms with E-state index in [9.17, 15) is 4.79 Å². The minimum absolute atomic E-state index is 0.0816. The molecule has 0 bridgehead atoms. The number of carbonyl (C=O) groups excluding carboxylic acids is 1. The van der Waals surface area contributed by atoms with Gasteiger partial charge in [0, 0.05) is 24.5 Å². The molecule has 0 spiro atoms. The zero-order valence-electron chi connectivity index (χ0n) is 9.16. The molecule has 2 nitrogen and oxygen atoms in total. The summed E-state index contributed by atoms with van der Waals surface area (Å²) >= 11 is 5.57. The summed E-state index contributed by atoms with van der Waals surface area (Å²) in [7, 11) is 0. The van der Waals surface area contributed by atoms with Gasteiger partial charge in [0.05, 0.1) is 0 Å². The van der Waals surface area contributed by atoms with Crippen LogP contribution in [0.2, 0.25) is 0 Å². The van der Waals surface area contributed by atoms with Crippen molar-refractivity contribution in [3.05, 3.63) is 29.8 Å². The van der Waals surface area contributed by atoms with Crippen molar-refractivity contribution in [2.75, 3.05) is 17.3 Å². The van der Waals surface area contributed by atoms with Gasteiger partial charge < -0.3 is 4.90 Å². The molecular formula is C12H16ClNO. The molecular weight excluding hydrogens is 210 g/mol. The molecule has 0 aromatic heterocycles. The maximum absolute atomic E-state index is 11.7. The van der Waals surface area contributed by atoms with E-state index < -0.39 is 0 Å². The first-order valence-corrected chi connectivity index (χ1v) is 5.65. The first-order chi connectivity index (χ1) is 7.19. The molecule has 0 saturated carbocycles. The highest BCUT2D eigenvalue weighted by Crippen LogP contribution is 2.16. The van der Waals surface area contributed by atoms with Crippen LogP contribution in [-0.2, 0) is 4.79 Å². The molecule has 0 radical (unpaired) electrons. The standard InChI is InChI=1S/C12H16ClNO/c1-3-14(12(15)7-8-13)11-6-4-5-10(2)9-11/h4-6,9H,3,7-8H2,1-2H3. The van der Waals surface area contributed by atoms with Gasteiger partial charge in [0.15, 0.2) is 0 Å². The second-order valence-corrected chi connectivity index (χ2v) is 3.79. The van der Waals surface area contributed by atoms with Gasteiger partial charge in [-0.3, -0.25) is 4.79 Å². The Balaban J connectivity index is 2.87. The van der Waals surface area contributed by atoms with Gasteiger partial charge in [-0.05, 0) is 31.5 Å². The van der Waals surface area contributed by atoms with E-state index in [0.717, 1.165) is 11.3 Å². The second-order valence-electron chi connectivity index (χ2n) is 3.42. The number of rotatable bonds is 4. The molecule has 0 atom stereocenters. The quantitative estimate of drug-likeness (QED) is 0.722. The van der Waals surface area contributed by atoms with Crippen LogP contribution in [0.4, 0.5) is 5.69 Å². The highest BCUT2D eigenvalue weighted by atomic mass is 35.5. The summed E-state index contributed by atoms with van der Waals surface area (Å²) < 4.78 is 0. The monoisotopic (exact) mass is 225 g/mol. The largest absolute Gasteiger partial charge is 0.313 e. The van der Waals surface area contributed by atoms with Gasteiger partial charge in [-0.1, -0.05) is 12.1 Å². The Labute approximate surface area is 95.8 Å². The number of hydrogen-bond donors (Lipinski definition) is 0. The fourth-order valence-corrected chi connectivity index (χ4v) is 1.68. The Morgan fingerprint density at radius 3 is 2.73 bits per heavy atom. The predicted molar refractivity (Wildman–Crippen MR) is 64.5 cm³/mol. The summed E-state index contributed by atoms with van der Waals surface area (Å²) in [4.78, 5) is 13.5. The van der Waals surface area contributed by atoms with E-state index in [2.05, 4.69) is 0 Å². The minimum atomic E-state index is 0.0816. The third kappa shape index (κ3) is 3.24. The van der Waals surface area contributed by atoms with Gasteiger partial charge in [-0.25, -0.2) is 0 Å². The van der Waals surface area contributed by atoms with E-state index in [4.69, 9.17) is 11.6 Å². The Bertz CT molecular complexity index is 338. The molecule has 1 aromatic rings. The van der Waals surface area contributed by atoms with E-state index in [-0.39, 0.29) is 5.91 Å².